The number of halogens is 3. The molecule has 2 N–H and O–H groups in total. The topological polar surface area (TPSA) is 139 Å². The van der Waals surface area contributed by atoms with Gasteiger partial charge in [0.1, 0.15) is 23.8 Å². The van der Waals surface area contributed by atoms with Crippen molar-refractivity contribution in [2.24, 2.45) is 0 Å². The van der Waals surface area contributed by atoms with E-state index in [4.69, 9.17) is 9.47 Å². The molecule has 1 atom stereocenters. The van der Waals surface area contributed by atoms with E-state index in [2.05, 4.69) is 30.2 Å². The lowest BCUT2D eigenvalue weighted by molar-refractivity contribution is -0.137. The Bertz CT molecular complexity index is 1710. The molecule has 2 fully saturated rings. The molecule has 0 radical (unpaired) electrons. The van der Waals surface area contributed by atoms with Crippen molar-refractivity contribution in [3.05, 3.63) is 78.4 Å². The van der Waals surface area contributed by atoms with Gasteiger partial charge in [-0.3, -0.25) is 4.90 Å². The number of carbonyl (C=O) groups is 1. The molecule has 4 aromatic rings. The molecule has 1 aliphatic carbocycles. The molecule has 15 heteroatoms. The molecule has 1 unspecified atom stereocenters. The lowest BCUT2D eigenvalue weighted by atomic mass is 9.90. The molecule has 6 rings (SSSR count). The monoisotopic (exact) mass is 692 g/mol. The van der Waals surface area contributed by atoms with Crippen LogP contribution in [0.3, 0.4) is 0 Å². The lowest BCUT2D eigenvalue weighted by Gasteiger charge is -2.36. The van der Waals surface area contributed by atoms with Crippen molar-refractivity contribution >= 4 is 23.7 Å². The van der Waals surface area contributed by atoms with Gasteiger partial charge in [-0.1, -0.05) is 30.3 Å². The van der Waals surface area contributed by atoms with Crippen molar-refractivity contribution in [3.63, 3.8) is 0 Å². The maximum atomic E-state index is 13.9. The molecule has 0 spiro atoms. The highest BCUT2D eigenvalue weighted by atomic mass is 19.4. The zero-order valence-corrected chi connectivity index (χ0v) is 27.6. The fourth-order valence-electron chi connectivity index (χ4n) is 6.32. The third-order valence-electron chi connectivity index (χ3n) is 9.01. The summed E-state index contributed by atoms with van der Waals surface area (Å²) in [4.78, 5) is 38.1. The molecule has 3 aromatic heterocycles. The number of nitrogens with one attached hydrogen (secondary N) is 1. The van der Waals surface area contributed by atoms with Crippen LogP contribution in [0.2, 0.25) is 0 Å². The highest BCUT2D eigenvalue weighted by Crippen LogP contribution is 2.37. The van der Waals surface area contributed by atoms with Gasteiger partial charge in [0.25, 0.3) is 0 Å². The first-order valence-electron chi connectivity index (χ1n) is 16.6. The van der Waals surface area contributed by atoms with E-state index in [0.29, 0.717) is 57.3 Å². The maximum Gasteiger partial charge on any atom is 0.421 e. The van der Waals surface area contributed by atoms with Crippen molar-refractivity contribution in [2.45, 2.75) is 75.9 Å². The summed E-state index contributed by atoms with van der Waals surface area (Å²) >= 11 is 0. The lowest BCUT2D eigenvalue weighted by Crippen LogP contribution is -2.45. The summed E-state index contributed by atoms with van der Waals surface area (Å²) in [7, 11) is 1.49. The number of hydrogen-bond acceptors (Lipinski definition) is 11. The van der Waals surface area contributed by atoms with Crippen LogP contribution < -0.4 is 19.9 Å². The largest absolute Gasteiger partial charge is 0.467 e. The molecule has 1 saturated carbocycles. The minimum Gasteiger partial charge on any atom is -0.467 e. The van der Waals surface area contributed by atoms with Gasteiger partial charge in [-0.25, -0.2) is 24.7 Å². The zero-order valence-electron chi connectivity index (χ0n) is 27.6. The number of anilines is 3. The number of aromatic nitrogens is 5. The number of methoxy groups -OCH3 is 1. The van der Waals surface area contributed by atoms with Crippen LogP contribution in [0.5, 0.6) is 6.01 Å². The van der Waals surface area contributed by atoms with Crippen LogP contribution in [0.1, 0.15) is 56.1 Å². The van der Waals surface area contributed by atoms with Gasteiger partial charge >= 0.3 is 18.3 Å². The number of amides is 1. The van der Waals surface area contributed by atoms with Gasteiger partial charge in [-0.2, -0.15) is 18.2 Å². The van der Waals surface area contributed by atoms with Crippen molar-refractivity contribution in [1.82, 2.24) is 24.9 Å². The highest BCUT2D eigenvalue weighted by Gasteiger charge is 2.38. The first-order chi connectivity index (χ1) is 24.2. The summed E-state index contributed by atoms with van der Waals surface area (Å²) < 4.78 is 52.6. The predicted molar refractivity (Wildman–Crippen MR) is 180 cm³/mol. The molecule has 0 bridgehead atoms. The molecule has 1 amide bonds. The second kappa shape index (κ2) is 15.7. The summed E-state index contributed by atoms with van der Waals surface area (Å²) in [5.41, 5.74) is 1.44. The van der Waals surface area contributed by atoms with E-state index in [9.17, 15) is 23.1 Å². The van der Waals surface area contributed by atoms with Crippen LogP contribution in [0, 0.1) is 0 Å². The van der Waals surface area contributed by atoms with E-state index in [1.165, 1.54) is 7.11 Å². The number of pyridine rings is 1. The van der Waals surface area contributed by atoms with E-state index >= 15 is 0 Å². The fraction of sp³-hybridized carbons (Fsp3) is 0.429. The van der Waals surface area contributed by atoms with Crippen molar-refractivity contribution < 1.29 is 32.5 Å². The zero-order chi connectivity index (χ0) is 35.1. The Hall–Kier alpha value is -5.05. The van der Waals surface area contributed by atoms with Gasteiger partial charge in [-0.05, 0) is 62.6 Å². The van der Waals surface area contributed by atoms with Gasteiger partial charge in [0.2, 0.25) is 5.95 Å². The number of nitrogens with zero attached hydrogens (tertiary/aromatic N) is 7. The quantitative estimate of drug-likeness (QED) is 0.205. The summed E-state index contributed by atoms with van der Waals surface area (Å²) in [5.74, 6) is 0.358. The Morgan fingerprint density at radius 3 is 2.34 bits per heavy atom. The Kier molecular flexibility index (Phi) is 10.9. The van der Waals surface area contributed by atoms with Crippen molar-refractivity contribution in [3.8, 4) is 17.1 Å². The number of benzene rings is 1. The van der Waals surface area contributed by atoms with Crippen LogP contribution in [-0.4, -0.2) is 74.5 Å². The van der Waals surface area contributed by atoms with Crippen LogP contribution >= 0.6 is 0 Å². The summed E-state index contributed by atoms with van der Waals surface area (Å²) in [6.45, 7) is 0.726. The minimum atomic E-state index is -4.62. The van der Waals surface area contributed by atoms with Crippen molar-refractivity contribution in [2.75, 3.05) is 35.3 Å². The Morgan fingerprint density at radius 2 is 1.66 bits per heavy atom. The van der Waals surface area contributed by atoms with E-state index in [0.717, 1.165) is 22.9 Å². The molecule has 1 aliphatic heterocycles. The molecule has 1 saturated heterocycles. The summed E-state index contributed by atoms with van der Waals surface area (Å²) in [6.07, 6.45) is 3.85. The Morgan fingerprint density at radius 1 is 0.920 bits per heavy atom. The van der Waals surface area contributed by atoms with E-state index < -0.39 is 23.9 Å². The van der Waals surface area contributed by atoms with Gasteiger partial charge < -0.3 is 24.8 Å². The molecule has 4 heterocycles. The average molecular weight is 693 g/mol. The van der Waals surface area contributed by atoms with Crippen LogP contribution in [0.4, 0.5) is 35.5 Å². The molecule has 50 heavy (non-hydrogen) atoms. The number of hydrogen-bond donors (Lipinski definition) is 2. The van der Waals surface area contributed by atoms with Crippen molar-refractivity contribution in [1.29, 1.82) is 0 Å². The molecule has 2 aliphatic rings. The van der Waals surface area contributed by atoms with Gasteiger partial charge in [0.05, 0.1) is 13.2 Å². The third-order valence-corrected chi connectivity index (χ3v) is 9.01. The summed E-state index contributed by atoms with van der Waals surface area (Å²) in [6, 6.07) is 12.9. The van der Waals surface area contributed by atoms with Crippen LogP contribution in [0.25, 0.3) is 11.1 Å². The predicted octanol–water partition coefficient (Wildman–Crippen LogP) is 6.27. The maximum absolute atomic E-state index is 13.9. The second-order valence-electron chi connectivity index (χ2n) is 12.4. The Labute approximate surface area is 287 Å². The van der Waals surface area contributed by atoms with Gasteiger partial charge in [0, 0.05) is 61.1 Å². The SMILES string of the molecule is COc1ncc(-c2ccc(N(C(=O)OCc3ccccc3)C3CCC(Nc4ncc(C(F)(F)F)c(N5CCCC(O)CC5)n4)CC3)nc2)cn1. The Balaban J connectivity index is 1.16. The number of rotatable bonds is 9. The normalized spacial score (nSPS) is 19.7. The van der Waals surface area contributed by atoms with Crippen LogP contribution in [-0.2, 0) is 17.5 Å². The highest BCUT2D eigenvalue weighted by molar-refractivity contribution is 5.87. The van der Waals surface area contributed by atoms with Crippen LogP contribution in [0.15, 0.2) is 67.3 Å². The third kappa shape index (κ3) is 8.56. The standard InChI is InChI=1S/C35H39F3N8O4/c1-49-33-41-19-25(20-42-33)24-9-14-30(39-18-24)46(34(48)50-22-23-6-3-2-4-7-23)27-12-10-26(11-13-27)43-32-40-21-29(35(36,37)38)31(44-32)45-16-5-8-28(47)15-17-45/h2-4,6-7,9,14,18-21,26-28,47H,5,8,10-13,15-17,22H2,1H3,(H,40,43,44). The first kappa shape index (κ1) is 34.8. The first-order valence-corrected chi connectivity index (χ1v) is 16.6. The van der Waals surface area contributed by atoms with E-state index in [1.807, 2.05) is 36.4 Å². The molecular formula is C35H39F3N8O4. The number of carbonyl (C=O) groups excluding carboxylic acids is 1. The fourth-order valence-corrected chi connectivity index (χ4v) is 6.32. The molecular weight excluding hydrogens is 653 g/mol. The molecule has 1 aromatic carbocycles. The molecule has 12 nitrogen and oxygen atoms in total. The van der Waals surface area contributed by atoms with Gasteiger partial charge in [-0.15, -0.1) is 0 Å². The van der Waals surface area contributed by atoms with E-state index in [-0.39, 0.29) is 43.0 Å². The smallest absolute Gasteiger partial charge is 0.421 e. The number of ether oxygens (including phenoxy) is 2. The second-order valence-corrected chi connectivity index (χ2v) is 12.4. The molecule has 264 valence electrons. The van der Waals surface area contributed by atoms with Gasteiger partial charge in [0.15, 0.2) is 0 Å². The van der Waals surface area contributed by atoms with E-state index in [1.54, 1.807) is 34.5 Å². The average Bonchev–Trinajstić information content (AvgIpc) is 3.36. The number of aliphatic hydroxyl groups excluding tert-OH is 1. The number of alkyl halides is 3. The summed E-state index contributed by atoms with van der Waals surface area (Å²) in [5, 5.41) is 13.3. The minimum absolute atomic E-state index is 0.0952. The number of aliphatic hydroxyl groups is 1.